The summed E-state index contributed by atoms with van der Waals surface area (Å²) < 4.78 is 46.8. The van der Waals surface area contributed by atoms with Crippen molar-refractivity contribution in [1.29, 1.82) is 0 Å². The van der Waals surface area contributed by atoms with Crippen LogP contribution in [0.2, 0.25) is 0 Å². The van der Waals surface area contributed by atoms with Gasteiger partial charge in [-0.15, -0.1) is 0 Å². The first-order chi connectivity index (χ1) is 18.2. The first kappa shape index (κ1) is 27.0. The van der Waals surface area contributed by atoms with Crippen LogP contribution in [0, 0.1) is 5.92 Å². The second-order valence-corrected chi connectivity index (χ2v) is 8.72. The van der Waals surface area contributed by atoms with Crippen LogP contribution in [0.5, 0.6) is 11.5 Å². The number of benzene rings is 1. The molecule has 1 saturated carbocycles. The number of oxazole rings is 1. The normalized spacial score (nSPS) is 13.7. The van der Waals surface area contributed by atoms with Gasteiger partial charge in [-0.25, -0.2) is 14.8 Å². The van der Waals surface area contributed by atoms with Gasteiger partial charge in [0.25, 0.3) is 5.91 Å². The molecular weight excluding hydrogens is 502 g/mol. The zero-order chi connectivity index (χ0) is 27.2. The largest absolute Gasteiger partial charge is 0.489 e. The van der Waals surface area contributed by atoms with Crippen LogP contribution < -0.4 is 20.5 Å². The molecule has 1 amide bonds. The second-order valence-electron chi connectivity index (χ2n) is 8.72. The topological polar surface area (TPSA) is 139 Å². The van der Waals surface area contributed by atoms with Gasteiger partial charge < -0.3 is 29.7 Å². The van der Waals surface area contributed by atoms with Gasteiger partial charge in [0.2, 0.25) is 5.89 Å². The highest BCUT2D eigenvalue weighted by Crippen LogP contribution is 2.37. The number of carbonyl (C=O) groups is 2. The van der Waals surface area contributed by atoms with Crippen LogP contribution in [0.25, 0.3) is 11.5 Å². The van der Waals surface area contributed by atoms with Gasteiger partial charge in [0.15, 0.2) is 11.5 Å². The molecule has 2 heterocycles. The molecule has 1 fully saturated rings. The van der Waals surface area contributed by atoms with Crippen LogP contribution in [-0.4, -0.2) is 41.7 Å². The molecule has 0 aliphatic heterocycles. The monoisotopic (exact) mass is 530 g/mol. The van der Waals surface area contributed by atoms with Crippen LogP contribution in [0.4, 0.5) is 8.78 Å². The Balaban J connectivity index is 1.53. The Labute approximate surface area is 217 Å². The Kier molecular flexibility index (Phi) is 8.52. The van der Waals surface area contributed by atoms with Gasteiger partial charge in [-0.05, 0) is 62.9 Å². The quantitative estimate of drug-likeness (QED) is 0.329. The molecule has 202 valence electrons. The summed E-state index contributed by atoms with van der Waals surface area (Å²) in [6.45, 7) is 0.901. The molecule has 3 N–H and O–H groups in total. The molecule has 3 aromatic rings. The van der Waals surface area contributed by atoms with Crippen LogP contribution in [0.3, 0.4) is 0 Å². The molecule has 0 saturated heterocycles. The number of nitrogens with one attached hydrogen (secondary N) is 1. The van der Waals surface area contributed by atoms with E-state index in [2.05, 4.69) is 20.0 Å². The standard InChI is InChI=1S/C26H28F2N4O6/c1-3-35-25(34)18-6-4-5-17(31-18)23(33)30-12-19-22(14(2)29)38-24(32-19)16-9-10-20(37-26(27)28)21(11-16)36-13-15-7-8-15/h4-6,9-11,14-15,26H,3,7-8,12-13,29H2,1-2H3,(H,30,33). The van der Waals surface area contributed by atoms with E-state index in [9.17, 15) is 18.4 Å². The number of alkyl halides is 2. The molecule has 38 heavy (non-hydrogen) atoms. The highest BCUT2D eigenvalue weighted by Gasteiger charge is 2.24. The Hall–Kier alpha value is -4.06. The van der Waals surface area contributed by atoms with Crippen molar-refractivity contribution in [2.75, 3.05) is 13.2 Å². The van der Waals surface area contributed by atoms with Crippen molar-refractivity contribution in [3.63, 3.8) is 0 Å². The Morgan fingerprint density at radius 2 is 1.92 bits per heavy atom. The number of pyridine rings is 1. The van der Waals surface area contributed by atoms with Crippen LogP contribution in [0.1, 0.15) is 65.2 Å². The van der Waals surface area contributed by atoms with Gasteiger partial charge in [0, 0.05) is 5.56 Å². The molecule has 1 unspecified atom stereocenters. The van der Waals surface area contributed by atoms with Crippen LogP contribution in [0.15, 0.2) is 40.8 Å². The third kappa shape index (κ3) is 6.82. The number of rotatable bonds is 12. The number of hydrogen-bond acceptors (Lipinski definition) is 9. The van der Waals surface area contributed by atoms with E-state index in [1.54, 1.807) is 13.8 Å². The van der Waals surface area contributed by atoms with Gasteiger partial charge in [-0.2, -0.15) is 8.78 Å². The Morgan fingerprint density at radius 3 is 2.61 bits per heavy atom. The number of nitrogens with two attached hydrogens (primary N) is 1. The molecule has 0 spiro atoms. The summed E-state index contributed by atoms with van der Waals surface area (Å²) in [6.07, 6.45) is 2.06. The molecule has 2 aromatic heterocycles. The number of ether oxygens (including phenoxy) is 3. The van der Waals surface area contributed by atoms with E-state index in [0.29, 0.717) is 29.5 Å². The number of hydrogen-bond donors (Lipinski definition) is 2. The lowest BCUT2D eigenvalue weighted by Gasteiger charge is -2.12. The summed E-state index contributed by atoms with van der Waals surface area (Å²) in [6, 6.07) is 8.29. The van der Waals surface area contributed by atoms with Crippen molar-refractivity contribution in [2.24, 2.45) is 11.7 Å². The third-order valence-electron chi connectivity index (χ3n) is 5.60. The molecule has 1 aromatic carbocycles. The van der Waals surface area contributed by atoms with E-state index in [0.717, 1.165) is 12.8 Å². The minimum absolute atomic E-state index is 0.0125. The highest BCUT2D eigenvalue weighted by atomic mass is 19.3. The minimum Gasteiger partial charge on any atom is -0.489 e. The Bertz CT molecular complexity index is 1290. The fourth-order valence-corrected chi connectivity index (χ4v) is 3.54. The smallest absolute Gasteiger partial charge is 0.387 e. The first-order valence-electron chi connectivity index (χ1n) is 12.1. The number of nitrogens with zero attached hydrogens (tertiary/aromatic N) is 2. The van der Waals surface area contributed by atoms with E-state index in [1.165, 1.54) is 36.4 Å². The van der Waals surface area contributed by atoms with Crippen molar-refractivity contribution in [3.05, 3.63) is 59.2 Å². The number of amides is 1. The van der Waals surface area contributed by atoms with E-state index in [1.807, 2.05) is 0 Å². The molecule has 0 bridgehead atoms. The predicted molar refractivity (Wildman–Crippen MR) is 131 cm³/mol. The summed E-state index contributed by atoms with van der Waals surface area (Å²) in [5.74, 6) is -0.211. The summed E-state index contributed by atoms with van der Waals surface area (Å²) in [5.41, 5.74) is 6.93. The van der Waals surface area contributed by atoms with Crippen molar-refractivity contribution < 1.29 is 37.0 Å². The predicted octanol–water partition coefficient (Wildman–Crippen LogP) is 4.25. The Morgan fingerprint density at radius 1 is 1.16 bits per heavy atom. The highest BCUT2D eigenvalue weighted by molar-refractivity contribution is 5.94. The van der Waals surface area contributed by atoms with Gasteiger partial charge in [0.1, 0.15) is 22.8 Å². The van der Waals surface area contributed by atoms with Gasteiger partial charge in [-0.3, -0.25) is 4.79 Å². The van der Waals surface area contributed by atoms with Gasteiger partial charge >= 0.3 is 12.6 Å². The fourth-order valence-electron chi connectivity index (χ4n) is 3.54. The molecule has 1 aliphatic rings. The molecule has 1 aliphatic carbocycles. The summed E-state index contributed by atoms with van der Waals surface area (Å²) in [7, 11) is 0. The lowest BCUT2D eigenvalue weighted by atomic mass is 10.2. The maximum atomic E-state index is 12.9. The lowest BCUT2D eigenvalue weighted by molar-refractivity contribution is -0.0515. The maximum absolute atomic E-state index is 12.9. The summed E-state index contributed by atoms with van der Waals surface area (Å²) in [5, 5.41) is 2.70. The van der Waals surface area contributed by atoms with E-state index >= 15 is 0 Å². The fraction of sp³-hybridized carbons (Fsp3) is 0.385. The molecule has 4 rings (SSSR count). The van der Waals surface area contributed by atoms with Crippen molar-refractivity contribution in [1.82, 2.24) is 15.3 Å². The SMILES string of the molecule is CCOC(=O)c1cccc(C(=O)NCc2nc(-c3ccc(OC(F)F)c(OCC4CC4)c3)oc2C(C)N)n1. The molecule has 0 radical (unpaired) electrons. The third-order valence-corrected chi connectivity index (χ3v) is 5.60. The molecule has 10 nitrogen and oxygen atoms in total. The molecule has 1 atom stereocenters. The first-order valence-corrected chi connectivity index (χ1v) is 12.1. The number of esters is 1. The molecular formula is C26H28F2N4O6. The van der Waals surface area contributed by atoms with Crippen molar-refractivity contribution >= 4 is 11.9 Å². The van der Waals surface area contributed by atoms with Crippen LogP contribution >= 0.6 is 0 Å². The van der Waals surface area contributed by atoms with Crippen molar-refractivity contribution in [2.45, 2.75) is 45.9 Å². The number of aromatic nitrogens is 2. The number of carbonyl (C=O) groups excluding carboxylic acids is 2. The van der Waals surface area contributed by atoms with Crippen LogP contribution in [-0.2, 0) is 11.3 Å². The molecule has 12 heteroatoms. The minimum atomic E-state index is -3.00. The summed E-state index contributed by atoms with van der Waals surface area (Å²) in [4.78, 5) is 33.2. The summed E-state index contributed by atoms with van der Waals surface area (Å²) >= 11 is 0. The van der Waals surface area contributed by atoms with Gasteiger partial charge in [-0.1, -0.05) is 6.07 Å². The average molecular weight is 531 g/mol. The van der Waals surface area contributed by atoms with E-state index in [-0.39, 0.29) is 41.9 Å². The maximum Gasteiger partial charge on any atom is 0.387 e. The van der Waals surface area contributed by atoms with Gasteiger partial charge in [0.05, 0.1) is 25.8 Å². The lowest BCUT2D eigenvalue weighted by Crippen LogP contribution is -2.25. The average Bonchev–Trinajstić information content (AvgIpc) is 3.62. The zero-order valence-corrected chi connectivity index (χ0v) is 20.9. The zero-order valence-electron chi connectivity index (χ0n) is 20.9. The van der Waals surface area contributed by atoms with E-state index < -0.39 is 24.5 Å². The second kappa shape index (κ2) is 12.0. The van der Waals surface area contributed by atoms with E-state index in [4.69, 9.17) is 19.6 Å². The number of halogens is 2. The van der Waals surface area contributed by atoms with Crippen molar-refractivity contribution in [3.8, 4) is 23.0 Å².